The first kappa shape index (κ1) is 12.3. The van der Waals surface area contributed by atoms with Crippen molar-refractivity contribution >= 4 is 16.5 Å². The van der Waals surface area contributed by atoms with E-state index in [-0.39, 0.29) is 0 Å². The summed E-state index contributed by atoms with van der Waals surface area (Å²) in [6.45, 7) is 3.22. The number of anilines is 1. The lowest BCUT2D eigenvalue weighted by Crippen LogP contribution is -2.07. The zero-order chi connectivity index (χ0) is 13.5. The molecule has 1 fully saturated rings. The lowest BCUT2D eigenvalue weighted by Gasteiger charge is -2.07. The van der Waals surface area contributed by atoms with E-state index in [9.17, 15) is 0 Å². The molecule has 1 N–H and O–H groups in total. The quantitative estimate of drug-likeness (QED) is 0.914. The number of fused-ring (bicyclic) bond motifs is 3. The van der Waals surface area contributed by atoms with Gasteiger partial charge in [0.05, 0.1) is 0 Å². The van der Waals surface area contributed by atoms with Crippen LogP contribution >= 0.6 is 11.3 Å². The average Bonchev–Trinajstić information content (AvgIpc) is 2.84. The van der Waals surface area contributed by atoms with E-state index < -0.39 is 0 Å². The molecule has 0 bridgehead atoms. The van der Waals surface area contributed by atoms with E-state index in [2.05, 4.69) is 46.7 Å². The van der Waals surface area contributed by atoms with Crippen LogP contribution < -0.4 is 5.32 Å². The van der Waals surface area contributed by atoms with Gasteiger partial charge in [-0.2, -0.15) is 0 Å². The molecule has 4 heteroatoms. The van der Waals surface area contributed by atoms with Gasteiger partial charge in [-0.25, -0.2) is 0 Å². The van der Waals surface area contributed by atoms with Crippen molar-refractivity contribution in [3.8, 4) is 0 Å². The smallest absolute Gasteiger partial charge is 0.205 e. The third-order valence-corrected chi connectivity index (χ3v) is 5.56. The number of hydrogen-bond acceptors (Lipinski definition) is 4. The Kier molecular flexibility index (Phi) is 2.99. The minimum absolute atomic E-state index is 0.793. The molecule has 1 aromatic heterocycles. The molecule has 0 spiro atoms. The Labute approximate surface area is 123 Å². The fourth-order valence-corrected chi connectivity index (χ4v) is 4.46. The molecule has 0 radical (unpaired) electrons. The second-order valence-corrected chi connectivity index (χ2v) is 6.95. The highest BCUT2D eigenvalue weighted by Gasteiger charge is 2.54. The van der Waals surface area contributed by atoms with Crippen molar-refractivity contribution in [2.45, 2.75) is 32.1 Å². The maximum absolute atomic E-state index is 4.23. The van der Waals surface area contributed by atoms with E-state index in [1.54, 1.807) is 22.5 Å². The molecule has 0 aliphatic heterocycles. The predicted octanol–water partition coefficient (Wildman–Crippen LogP) is 3.49. The van der Waals surface area contributed by atoms with Gasteiger partial charge in [-0.1, -0.05) is 42.5 Å². The fraction of sp³-hybridized carbons (Fsp3) is 0.500. The molecule has 2 aliphatic rings. The Hall–Kier alpha value is -1.42. The van der Waals surface area contributed by atoms with Gasteiger partial charge in [-0.3, -0.25) is 0 Å². The maximum atomic E-state index is 4.23. The van der Waals surface area contributed by atoms with Crippen LogP contribution in [0.1, 0.15) is 35.4 Å². The van der Waals surface area contributed by atoms with E-state index >= 15 is 0 Å². The van der Waals surface area contributed by atoms with Crippen molar-refractivity contribution in [1.82, 2.24) is 10.2 Å². The van der Waals surface area contributed by atoms with Gasteiger partial charge in [0.25, 0.3) is 0 Å². The SMILES string of the molecule is CCCc1nnc(NCC2C3Cc4ccccc4C23)s1. The summed E-state index contributed by atoms with van der Waals surface area (Å²) in [5.74, 6) is 2.45. The van der Waals surface area contributed by atoms with Crippen molar-refractivity contribution < 1.29 is 0 Å². The van der Waals surface area contributed by atoms with E-state index in [1.165, 1.54) is 6.42 Å². The van der Waals surface area contributed by atoms with Crippen molar-refractivity contribution in [3.63, 3.8) is 0 Å². The third kappa shape index (κ3) is 2.03. The Bertz CT molecular complexity index is 622. The van der Waals surface area contributed by atoms with Crippen LogP contribution in [0, 0.1) is 11.8 Å². The van der Waals surface area contributed by atoms with Crippen molar-refractivity contribution in [3.05, 3.63) is 40.4 Å². The number of benzene rings is 1. The summed E-state index contributed by atoms with van der Waals surface area (Å²) < 4.78 is 0. The average molecular weight is 285 g/mol. The number of hydrogen-bond donors (Lipinski definition) is 1. The zero-order valence-corrected chi connectivity index (χ0v) is 12.5. The van der Waals surface area contributed by atoms with Gasteiger partial charge in [0.2, 0.25) is 5.13 Å². The van der Waals surface area contributed by atoms with E-state index in [0.717, 1.165) is 47.3 Å². The van der Waals surface area contributed by atoms with E-state index in [1.807, 2.05) is 0 Å². The van der Waals surface area contributed by atoms with E-state index in [4.69, 9.17) is 0 Å². The normalized spacial score (nSPS) is 26.1. The molecule has 2 aliphatic carbocycles. The van der Waals surface area contributed by atoms with Gasteiger partial charge < -0.3 is 5.32 Å². The van der Waals surface area contributed by atoms with E-state index in [0.29, 0.717) is 0 Å². The summed E-state index contributed by atoms with van der Waals surface area (Å²) >= 11 is 1.71. The second kappa shape index (κ2) is 4.85. The molecule has 1 saturated carbocycles. The van der Waals surface area contributed by atoms with Gasteiger partial charge in [-0.15, -0.1) is 10.2 Å². The summed E-state index contributed by atoms with van der Waals surface area (Å²) in [5, 5.41) is 14.1. The molecule has 104 valence electrons. The Morgan fingerprint density at radius 2 is 2.20 bits per heavy atom. The second-order valence-electron chi connectivity index (χ2n) is 5.89. The highest BCUT2D eigenvalue weighted by Crippen LogP contribution is 2.61. The molecule has 3 unspecified atom stereocenters. The summed E-state index contributed by atoms with van der Waals surface area (Å²) in [7, 11) is 0. The Balaban J connectivity index is 1.36. The largest absolute Gasteiger partial charge is 0.360 e. The van der Waals surface area contributed by atoms with Crippen molar-refractivity contribution in [2.75, 3.05) is 11.9 Å². The van der Waals surface area contributed by atoms with Crippen molar-refractivity contribution in [1.29, 1.82) is 0 Å². The third-order valence-electron chi connectivity index (χ3n) is 4.62. The molecular formula is C16H19N3S. The van der Waals surface area contributed by atoms with Gasteiger partial charge in [-0.05, 0) is 41.7 Å². The highest BCUT2D eigenvalue weighted by molar-refractivity contribution is 7.15. The number of nitrogens with zero attached hydrogens (tertiary/aromatic N) is 2. The van der Waals surface area contributed by atoms with Gasteiger partial charge in [0, 0.05) is 13.0 Å². The first-order valence-corrected chi connectivity index (χ1v) is 8.32. The lowest BCUT2D eigenvalue weighted by molar-refractivity contribution is 0.718. The van der Waals surface area contributed by atoms with Crippen molar-refractivity contribution in [2.24, 2.45) is 11.8 Å². The standard InChI is InChI=1S/C16H19N3S/c1-2-5-14-18-19-16(20-14)17-9-13-12-8-10-6-3-4-7-11(10)15(12)13/h3-4,6-7,12-13,15H,2,5,8-9H2,1H3,(H,17,19). The monoisotopic (exact) mass is 285 g/mol. The summed E-state index contributed by atoms with van der Waals surface area (Å²) in [5.41, 5.74) is 3.16. The number of nitrogens with one attached hydrogen (secondary N) is 1. The minimum Gasteiger partial charge on any atom is -0.360 e. The minimum atomic E-state index is 0.793. The summed E-state index contributed by atoms with van der Waals surface area (Å²) in [4.78, 5) is 0. The lowest BCUT2D eigenvalue weighted by atomic mass is 10.0. The molecule has 3 nitrogen and oxygen atoms in total. The maximum Gasteiger partial charge on any atom is 0.205 e. The zero-order valence-electron chi connectivity index (χ0n) is 11.7. The first-order valence-electron chi connectivity index (χ1n) is 7.51. The molecule has 1 aromatic carbocycles. The van der Waals surface area contributed by atoms with Gasteiger partial charge in [0.1, 0.15) is 5.01 Å². The van der Waals surface area contributed by atoms with Crippen LogP contribution in [0.15, 0.2) is 24.3 Å². The van der Waals surface area contributed by atoms with Gasteiger partial charge >= 0.3 is 0 Å². The molecule has 3 atom stereocenters. The Morgan fingerprint density at radius 1 is 1.30 bits per heavy atom. The molecular weight excluding hydrogens is 266 g/mol. The number of aryl methyl sites for hydroxylation is 1. The summed E-state index contributed by atoms with van der Waals surface area (Å²) in [6.07, 6.45) is 3.45. The van der Waals surface area contributed by atoms with Crippen LogP contribution in [0.3, 0.4) is 0 Å². The molecule has 2 aromatic rings. The first-order chi connectivity index (χ1) is 9.86. The predicted molar refractivity (Wildman–Crippen MR) is 82.3 cm³/mol. The van der Waals surface area contributed by atoms with Crippen LogP contribution in [0.5, 0.6) is 0 Å². The van der Waals surface area contributed by atoms with Crippen LogP contribution in [-0.2, 0) is 12.8 Å². The van der Waals surface area contributed by atoms with Crippen LogP contribution in [0.2, 0.25) is 0 Å². The molecule has 4 rings (SSSR count). The Morgan fingerprint density at radius 3 is 3.10 bits per heavy atom. The topological polar surface area (TPSA) is 37.8 Å². The van der Waals surface area contributed by atoms with Crippen LogP contribution in [0.25, 0.3) is 0 Å². The number of aromatic nitrogens is 2. The van der Waals surface area contributed by atoms with Gasteiger partial charge in [0.15, 0.2) is 0 Å². The molecule has 20 heavy (non-hydrogen) atoms. The highest BCUT2D eigenvalue weighted by atomic mass is 32.1. The number of rotatable bonds is 5. The summed E-state index contributed by atoms with van der Waals surface area (Å²) in [6, 6.07) is 8.93. The molecule has 1 heterocycles. The van der Waals surface area contributed by atoms with Crippen LogP contribution in [-0.4, -0.2) is 16.7 Å². The molecule has 0 amide bonds. The van der Waals surface area contributed by atoms with Crippen LogP contribution in [0.4, 0.5) is 5.13 Å². The molecule has 0 saturated heterocycles. The fourth-order valence-electron chi connectivity index (χ4n) is 3.61.